The van der Waals surface area contributed by atoms with Gasteiger partial charge < -0.3 is 5.32 Å². The van der Waals surface area contributed by atoms with Gasteiger partial charge in [0.15, 0.2) is 21.3 Å². The largest absolute Gasteiger partial charge is 0.368 e. The zero-order chi connectivity index (χ0) is 15.1. The third-order valence-electron chi connectivity index (χ3n) is 2.79. The van der Waals surface area contributed by atoms with Gasteiger partial charge in [-0.1, -0.05) is 18.2 Å². The van der Waals surface area contributed by atoms with Gasteiger partial charge in [0.1, 0.15) is 6.07 Å². The molecule has 0 aliphatic rings. The summed E-state index contributed by atoms with van der Waals surface area (Å²) in [5.74, 6) is 0.406. The molecule has 2 aromatic rings. The minimum Gasteiger partial charge on any atom is -0.368 e. The fourth-order valence-corrected chi connectivity index (χ4v) is 3.10. The standard InChI is InChI=1S/C14H14N4O2S/c15-11-13-14(18-9-8-16-13)17-7-4-10-21(19,20)12-5-2-1-3-6-12/h1-3,5-6,8-9H,4,7,10H2,(H,17,18). The number of sulfone groups is 1. The van der Waals surface area contributed by atoms with Crippen molar-refractivity contribution in [3.05, 3.63) is 48.4 Å². The Morgan fingerprint density at radius 2 is 1.86 bits per heavy atom. The van der Waals surface area contributed by atoms with Gasteiger partial charge in [0.25, 0.3) is 0 Å². The minimum atomic E-state index is -3.27. The van der Waals surface area contributed by atoms with Gasteiger partial charge in [-0.05, 0) is 18.6 Å². The Labute approximate surface area is 123 Å². The first kappa shape index (κ1) is 14.9. The third-order valence-corrected chi connectivity index (χ3v) is 4.61. The van der Waals surface area contributed by atoms with Crippen LogP contribution in [0, 0.1) is 11.3 Å². The molecule has 0 atom stereocenters. The molecule has 1 aromatic carbocycles. The Balaban J connectivity index is 1.89. The molecule has 0 saturated carbocycles. The molecule has 21 heavy (non-hydrogen) atoms. The van der Waals surface area contributed by atoms with Gasteiger partial charge in [-0.15, -0.1) is 0 Å². The molecule has 1 N–H and O–H groups in total. The summed E-state index contributed by atoms with van der Waals surface area (Å²) in [6.45, 7) is 0.402. The van der Waals surface area contributed by atoms with E-state index in [1.807, 2.05) is 6.07 Å². The number of hydrogen-bond acceptors (Lipinski definition) is 6. The highest BCUT2D eigenvalue weighted by atomic mass is 32.2. The molecule has 0 bridgehead atoms. The highest BCUT2D eigenvalue weighted by molar-refractivity contribution is 7.91. The molecule has 0 aliphatic carbocycles. The molecule has 6 nitrogen and oxygen atoms in total. The van der Waals surface area contributed by atoms with Crippen molar-refractivity contribution in [2.75, 3.05) is 17.6 Å². The Hall–Kier alpha value is -2.46. The smallest absolute Gasteiger partial charge is 0.182 e. The molecule has 0 spiro atoms. The van der Waals surface area contributed by atoms with Crippen molar-refractivity contribution in [3.63, 3.8) is 0 Å². The van der Waals surface area contributed by atoms with Gasteiger partial charge in [-0.2, -0.15) is 5.26 Å². The van der Waals surface area contributed by atoms with Crippen LogP contribution >= 0.6 is 0 Å². The zero-order valence-corrected chi connectivity index (χ0v) is 12.0. The molecule has 0 unspecified atom stereocenters. The molecule has 108 valence electrons. The SMILES string of the molecule is N#Cc1nccnc1NCCCS(=O)(=O)c1ccccc1. The third kappa shape index (κ3) is 4.00. The maximum atomic E-state index is 12.1. The molecule has 2 rings (SSSR count). The van der Waals surface area contributed by atoms with Crippen molar-refractivity contribution in [3.8, 4) is 6.07 Å². The molecular formula is C14H14N4O2S. The van der Waals surface area contributed by atoms with Crippen molar-refractivity contribution in [1.29, 1.82) is 5.26 Å². The summed E-state index contributed by atoms with van der Waals surface area (Å²) < 4.78 is 24.1. The van der Waals surface area contributed by atoms with Crippen LogP contribution in [0.25, 0.3) is 0 Å². The highest BCUT2D eigenvalue weighted by Gasteiger charge is 2.13. The minimum absolute atomic E-state index is 0.0339. The van der Waals surface area contributed by atoms with Gasteiger partial charge in [-0.3, -0.25) is 0 Å². The molecule has 1 aromatic heterocycles. The predicted octanol–water partition coefficient (Wildman–Crippen LogP) is 1.62. The molecule has 0 fully saturated rings. The summed E-state index contributed by atoms with van der Waals surface area (Å²) in [5, 5.41) is 11.8. The number of hydrogen-bond donors (Lipinski definition) is 1. The molecule has 1 heterocycles. The number of anilines is 1. The van der Waals surface area contributed by atoms with E-state index < -0.39 is 9.84 Å². The Morgan fingerprint density at radius 1 is 1.14 bits per heavy atom. The van der Waals surface area contributed by atoms with Gasteiger partial charge >= 0.3 is 0 Å². The van der Waals surface area contributed by atoms with Gasteiger partial charge in [0.2, 0.25) is 0 Å². The zero-order valence-electron chi connectivity index (χ0n) is 11.2. The summed E-state index contributed by atoms with van der Waals surface area (Å²) >= 11 is 0. The second-order valence-corrected chi connectivity index (χ2v) is 6.39. The first-order valence-corrected chi connectivity index (χ1v) is 8.01. The van der Waals surface area contributed by atoms with E-state index in [4.69, 9.17) is 5.26 Å². The first-order valence-electron chi connectivity index (χ1n) is 6.36. The van der Waals surface area contributed by atoms with Gasteiger partial charge in [0, 0.05) is 18.9 Å². The van der Waals surface area contributed by atoms with E-state index in [9.17, 15) is 8.42 Å². The summed E-state index contributed by atoms with van der Waals surface area (Å²) in [6, 6.07) is 10.3. The van der Waals surface area contributed by atoms with E-state index in [1.165, 1.54) is 12.4 Å². The van der Waals surface area contributed by atoms with Crippen LogP contribution < -0.4 is 5.32 Å². The van der Waals surface area contributed by atoms with Gasteiger partial charge in [0.05, 0.1) is 10.6 Å². The molecule has 0 radical (unpaired) electrons. The lowest BCUT2D eigenvalue weighted by Crippen LogP contribution is -2.13. The quantitative estimate of drug-likeness (QED) is 0.815. The summed E-state index contributed by atoms with van der Waals surface area (Å²) in [4.78, 5) is 8.19. The molecule has 0 aliphatic heterocycles. The van der Waals surface area contributed by atoms with Gasteiger partial charge in [-0.25, -0.2) is 18.4 Å². The maximum Gasteiger partial charge on any atom is 0.182 e. The monoisotopic (exact) mass is 302 g/mol. The van der Waals surface area contributed by atoms with Crippen LogP contribution in [0.3, 0.4) is 0 Å². The Kier molecular flexibility index (Phi) is 4.85. The van der Waals surface area contributed by atoms with E-state index in [0.29, 0.717) is 23.7 Å². The van der Waals surface area contributed by atoms with Crippen molar-refractivity contribution in [1.82, 2.24) is 9.97 Å². The fraction of sp³-hybridized carbons (Fsp3) is 0.214. The van der Waals surface area contributed by atoms with Crippen molar-refractivity contribution in [2.45, 2.75) is 11.3 Å². The van der Waals surface area contributed by atoms with Crippen molar-refractivity contribution < 1.29 is 8.42 Å². The highest BCUT2D eigenvalue weighted by Crippen LogP contribution is 2.11. The fourth-order valence-electron chi connectivity index (χ4n) is 1.76. The second kappa shape index (κ2) is 6.81. The van der Waals surface area contributed by atoms with Crippen LogP contribution in [0.4, 0.5) is 5.82 Å². The number of aromatic nitrogens is 2. The van der Waals surface area contributed by atoms with Crippen molar-refractivity contribution in [2.24, 2.45) is 0 Å². The number of rotatable bonds is 6. The molecule has 0 amide bonds. The van der Waals surface area contributed by atoms with Crippen molar-refractivity contribution >= 4 is 15.7 Å². The summed E-state index contributed by atoms with van der Waals surface area (Å²) in [7, 11) is -3.27. The lowest BCUT2D eigenvalue weighted by atomic mass is 10.4. The topological polar surface area (TPSA) is 95.7 Å². The lowest BCUT2D eigenvalue weighted by Gasteiger charge is -2.07. The number of nitrogens with zero attached hydrogens (tertiary/aromatic N) is 3. The maximum absolute atomic E-state index is 12.1. The molecule has 0 saturated heterocycles. The summed E-state index contributed by atoms with van der Waals surface area (Å²) in [6.07, 6.45) is 3.33. The Morgan fingerprint density at radius 3 is 2.57 bits per heavy atom. The normalized spacial score (nSPS) is 10.8. The first-order chi connectivity index (χ1) is 10.1. The number of benzene rings is 1. The average Bonchev–Trinajstić information content (AvgIpc) is 2.53. The van der Waals surface area contributed by atoms with Crippen LogP contribution in [-0.4, -0.2) is 30.7 Å². The second-order valence-electron chi connectivity index (χ2n) is 4.28. The number of nitrogens with one attached hydrogen (secondary N) is 1. The molecule has 7 heteroatoms. The van der Waals surface area contributed by atoms with E-state index in [0.717, 1.165) is 0 Å². The van der Waals surface area contributed by atoms with Crippen LogP contribution in [0.2, 0.25) is 0 Å². The predicted molar refractivity (Wildman–Crippen MR) is 78.3 cm³/mol. The molecular weight excluding hydrogens is 288 g/mol. The average molecular weight is 302 g/mol. The lowest BCUT2D eigenvalue weighted by molar-refractivity contribution is 0.594. The Bertz CT molecular complexity index is 739. The van der Waals surface area contributed by atoms with E-state index in [2.05, 4.69) is 15.3 Å². The van der Waals surface area contributed by atoms with E-state index in [-0.39, 0.29) is 11.4 Å². The van der Waals surface area contributed by atoms with Crippen LogP contribution in [0.15, 0.2) is 47.6 Å². The van der Waals surface area contributed by atoms with E-state index >= 15 is 0 Å². The van der Waals surface area contributed by atoms with Crippen LogP contribution in [0.1, 0.15) is 12.1 Å². The summed E-state index contributed by atoms with van der Waals surface area (Å²) in [5.41, 5.74) is 0.198. The van der Waals surface area contributed by atoms with Crippen LogP contribution in [0.5, 0.6) is 0 Å². The number of nitriles is 1. The van der Waals surface area contributed by atoms with Crippen LogP contribution in [-0.2, 0) is 9.84 Å². The van der Waals surface area contributed by atoms with E-state index in [1.54, 1.807) is 30.3 Å².